The molecular weight excluding hydrogens is 642 g/mol. The topological polar surface area (TPSA) is 217 Å². The quantitative estimate of drug-likeness (QED) is 0.0509. The number of hydrogen-bond donors (Lipinski definition) is 6. The summed E-state index contributed by atoms with van der Waals surface area (Å²) in [6, 6.07) is 24.2. The second kappa shape index (κ2) is 16.7. The maximum Gasteiger partial charge on any atom is 0.354 e. The van der Waals surface area contributed by atoms with Gasteiger partial charge in [-0.25, -0.2) is 20.4 Å². The average Bonchev–Trinajstić information content (AvgIpc) is 3.80. The van der Waals surface area contributed by atoms with E-state index in [-0.39, 0.29) is 30.9 Å². The highest BCUT2D eigenvalue weighted by Crippen LogP contribution is 2.30. The summed E-state index contributed by atoms with van der Waals surface area (Å²) in [5, 5.41) is 38.6. The van der Waals surface area contributed by atoms with Gasteiger partial charge in [-0.15, -0.1) is 5.10 Å². The van der Waals surface area contributed by atoms with E-state index in [2.05, 4.69) is 36.2 Å². The first-order chi connectivity index (χ1) is 24.3. The number of aromatic amines is 1. The van der Waals surface area contributed by atoms with Gasteiger partial charge in [0.25, 0.3) is 5.91 Å². The molecular formula is C35H37N9O6. The van der Waals surface area contributed by atoms with Gasteiger partial charge in [-0.2, -0.15) is 0 Å². The molecule has 3 amide bonds. The van der Waals surface area contributed by atoms with Crippen LogP contribution in [-0.2, 0) is 40.3 Å². The van der Waals surface area contributed by atoms with Crippen molar-refractivity contribution in [3.05, 3.63) is 107 Å². The van der Waals surface area contributed by atoms with E-state index in [4.69, 9.17) is 5.21 Å². The summed E-state index contributed by atoms with van der Waals surface area (Å²) in [7, 11) is 0. The van der Waals surface area contributed by atoms with Gasteiger partial charge in [0.1, 0.15) is 11.7 Å². The second-order valence-electron chi connectivity index (χ2n) is 11.5. The fourth-order valence-electron chi connectivity index (χ4n) is 5.57. The van der Waals surface area contributed by atoms with Gasteiger partial charge in [-0.3, -0.25) is 19.6 Å². The SMILES string of the molecule is CCCCc1nc(CNC(=O)CNC(=O)C(Cc2ccccc2)C(=O)NO)c(C(=O)O)n1Cc1ccc(-c2ccccc2-c2nnn[nH]2)cc1. The normalized spacial score (nSPS) is 11.5. The number of nitrogens with zero attached hydrogens (tertiary/aromatic N) is 5. The van der Waals surface area contributed by atoms with E-state index in [1.54, 1.807) is 34.9 Å². The molecule has 0 fully saturated rings. The molecule has 2 aromatic heterocycles. The lowest BCUT2D eigenvalue weighted by molar-refractivity contribution is -0.141. The van der Waals surface area contributed by atoms with Crippen molar-refractivity contribution in [2.75, 3.05) is 6.54 Å². The minimum Gasteiger partial charge on any atom is -0.477 e. The van der Waals surface area contributed by atoms with Crippen molar-refractivity contribution in [3.8, 4) is 22.5 Å². The Morgan fingerprint density at radius 3 is 2.26 bits per heavy atom. The second-order valence-corrected chi connectivity index (χ2v) is 11.5. The standard InChI is InChI=1S/C35H37N9O6/c1-2-3-13-29-38-28(19-36-30(45)20-37-33(46)27(34(47)41-50)18-22-9-5-4-6-10-22)31(35(48)49)44(29)21-23-14-16-24(17-15-23)25-11-7-8-12-26(25)32-39-42-43-40-32/h4-12,14-17,27,50H,2-3,13,18-21H2,1H3,(H,36,45)(H,37,46)(H,41,47)(H,48,49)(H,39,40,42,43). The molecule has 258 valence electrons. The van der Waals surface area contributed by atoms with Crippen LogP contribution in [-0.4, -0.2) is 70.7 Å². The van der Waals surface area contributed by atoms with Crippen LogP contribution in [0.4, 0.5) is 0 Å². The summed E-state index contributed by atoms with van der Waals surface area (Å²) in [5.41, 5.74) is 5.86. The van der Waals surface area contributed by atoms with Crippen LogP contribution in [0.3, 0.4) is 0 Å². The molecule has 0 aliphatic rings. The summed E-state index contributed by atoms with van der Waals surface area (Å²) >= 11 is 0. The number of rotatable bonds is 16. The third-order valence-electron chi connectivity index (χ3n) is 8.11. The predicted octanol–water partition coefficient (Wildman–Crippen LogP) is 2.92. The number of carboxylic acids is 1. The van der Waals surface area contributed by atoms with Crippen LogP contribution in [0.5, 0.6) is 0 Å². The number of amides is 3. The molecule has 5 aromatic rings. The lowest BCUT2D eigenvalue weighted by atomic mass is 9.98. The number of benzene rings is 3. The van der Waals surface area contributed by atoms with E-state index in [9.17, 15) is 24.3 Å². The van der Waals surface area contributed by atoms with Gasteiger partial charge >= 0.3 is 5.97 Å². The maximum atomic E-state index is 12.8. The Morgan fingerprint density at radius 1 is 0.880 bits per heavy atom. The van der Waals surface area contributed by atoms with Gasteiger partial charge in [-0.05, 0) is 45.5 Å². The monoisotopic (exact) mass is 679 g/mol. The molecule has 0 bridgehead atoms. The van der Waals surface area contributed by atoms with Gasteiger partial charge in [0, 0.05) is 18.5 Å². The molecule has 2 heterocycles. The molecule has 0 radical (unpaired) electrons. The van der Waals surface area contributed by atoms with E-state index in [0.29, 0.717) is 23.6 Å². The summed E-state index contributed by atoms with van der Waals surface area (Å²) in [4.78, 5) is 55.0. The fourth-order valence-corrected chi connectivity index (χ4v) is 5.57. The fraction of sp³-hybridized carbons (Fsp3) is 0.257. The van der Waals surface area contributed by atoms with E-state index < -0.39 is 36.2 Å². The van der Waals surface area contributed by atoms with Crippen LogP contribution >= 0.6 is 0 Å². The zero-order chi connectivity index (χ0) is 35.5. The number of nitrogens with one attached hydrogen (secondary N) is 4. The minimum atomic E-state index is -1.28. The molecule has 5 rings (SSSR count). The number of aromatic nitrogens is 6. The van der Waals surface area contributed by atoms with Crippen LogP contribution in [0, 0.1) is 5.92 Å². The van der Waals surface area contributed by atoms with Crippen molar-refractivity contribution >= 4 is 23.7 Å². The molecule has 15 nitrogen and oxygen atoms in total. The Morgan fingerprint density at radius 2 is 1.60 bits per heavy atom. The molecule has 0 saturated carbocycles. The molecule has 1 atom stereocenters. The summed E-state index contributed by atoms with van der Waals surface area (Å²) in [6.45, 7) is 1.60. The first-order valence-electron chi connectivity index (χ1n) is 16.0. The maximum absolute atomic E-state index is 12.8. The minimum absolute atomic E-state index is 0.0109. The van der Waals surface area contributed by atoms with Crippen LogP contribution in [0.15, 0.2) is 78.9 Å². The molecule has 6 N–H and O–H groups in total. The number of carbonyl (C=O) groups excluding carboxylic acids is 3. The summed E-state index contributed by atoms with van der Waals surface area (Å²) in [5.74, 6) is -3.63. The molecule has 0 saturated heterocycles. The zero-order valence-corrected chi connectivity index (χ0v) is 27.3. The molecule has 0 spiro atoms. The number of tetrazole rings is 1. The molecule has 0 aliphatic heterocycles. The number of carboxylic acid groups (broad SMARTS) is 1. The average molecular weight is 680 g/mol. The van der Waals surface area contributed by atoms with Gasteiger partial charge in [-0.1, -0.05) is 92.2 Å². The predicted molar refractivity (Wildman–Crippen MR) is 180 cm³/mol. The number of aryl methyl sites for hydroxylation is 1. The highest BCUT2D eigenvalue weighted by molar-refractivity contribution is 6.01. The first-order valence-corrected chi connectivity index (χ1v) is 16.0. The van der Waals surface area contributed by atoms with Crippen LogP contribution in [0.2, 0.25) is 0 Å². The first kappa shape index (κ1) is 35.1. The van der Waals surface area contributed by atoms with Crippen molar-refractivity contribution in [3.63, 3.8) is 0 Å². The van der Waals surface area contributed by atoms with Crippen LogP contribution < -0.4 is 16.1 Å². The molecule has 0 aliphatic carbocycles. The number of carbonyl (C=O) groups is 4. The lowest BCUT2D eigenvalue weighted by Gasteiger charge is -2.15. The zero-order valence-electron chi connectivity index (χ0n) is 27.3. The Kier molecular flexibility index (Phi) is 11.8. The van der Waals surface area contributed by atoms with Gasteiger partial charge in [0.05, 0.1) is 18.8 Å². The third-order valence-corrected chi connectivity index (χ3v) is 8.11. The largest absolute Gasteiger partial charge is 0.477 e. The van der Waals surface area contributed by atoms with Crippen LogP contribution in [0.1, 0.15) is 52.9 Å². The van der Waals surface area contributed by atoms with E-state index in [1.807, 2.05) is 55.5 Å². The Labute approximate surface area is 287 Å². The summed E-state index contributed by atoms with van der Waals surface area (Å²) < 4.78 is 1.66. The lowest BCUT2D eigenvalue weighted by Crippen LogP contribution is -2.45. The number of hydroxylamine groups is 1. The van der Waals surface area contributed by atoms with Crippen LogP contribution in [0.25, 0.3) is 22.5 Å². The Bertz CT molecular complexity index is 1930. The van der Waals surface area contributed by atoms with Crippen molar-refractivity contribution in [1.82, 2.24) is 46.3 Å². The molecule has 50 heavy (non-hydrogen) atoms. The molecule has 3 aromatic carbocycles. The van der Waals surface area contributed by atoms with E-state index >= 15 is 0 Å². The third kappa shape index (κ3) is 8.62. The smallest absolute Gasteiger partial charge is 0.354 e. The van der Waals surface area contributed by atoms with E-state index in [0.717, 1.165) is 35.1 Å². The van der Waals surface area contributed by atoms with Crippen molar-refractivity contribution in [2.24, 2.45) is 5.92 Å². The van der Waals surface area contributed by atoms with Gasteiger partial charge in [0.2, 0.25) is 11.8 Å². The Balaban J connectivity index is 1.28. The summed E-state index contributed by atoms with van der Waals surface area (Å²) in [6.07, 6.45) is 2.20. The number of unbranched alkanes of at least 4 members (excludes halogenated alkanes) is 1. The number of aromatic carboxylic acids is 1. The van der Waals surface area contributed by atoms with Gasteiger partial charge in [0.15, 0.2) is 11.5 Å². The molecule has 1 unspecified atom stereocenters. The van der Waals surface area contributed by atoms with Crippen molar-refractivity contribution < 1.29 is 29.5 Å². The molecule has 15 heteroatoms. The van der Waals surface area contributed by atoms with Crippen molar-refractivity contribution in [2.45, 2.75) is 45.7 Å². The highest BCUT2D eigenvalue weighted by atomic mass is 16.5. The number of imidazole rings is 1. The number of hydrogen-bond acceptors (Lipinski definition) is 9. The van der Waals surface area contributed by atoms with Crippen molar-refractivity contribution in [1.29, 1.82) is 0 Å². The van der Waals surface area contributed by atoms with Gasteiger partial charge < -0.3 is 20.3 Å². The van der Waals surface area contributed by atoms with E-state index in [1.165, 1.54) is 5.48 Å². The Hall–Kier alpha value is -6.22. The highest BCUT2D eigenvalue weighted by Gasteiger charge is 2.28. The number of H-pyrrole nitrogens is 1.